The third-order valence-corrected chi connectivity index (χ3v) is 12.9. The lowest BCUT2D eigenvalue weighted by Crippen LogP contribution is -2.45. The molecule has 4 heteroatoms. The van der Waals surface area contributed by atoms with E-state index >= 15 is 0 Å². The SMILES string of the molecule is CCCCCCCCCCCCCCCCCCCCCCCCCCCCCCCCCCCCCCCCCCCC(=O)NC(CO)C(O)CCCCCC. The molecule has 2 atom stereocenters. The Bertz CT molecular complexity index is 744. The summed E-state index contributed by atoms with van der Waals surface area (Å²) in [4.78, 5) is 12.3. The zero-order chi connectivity index (χ0) is 41.4. The van der Waals surface area contributed by atoms with E-state index in [1.807, 2.05) is 0 Å². The normalized spacial score (nSPS) is 12.7. The van der Waals surface area contributed by atoms with E-state index in [-0.39, 0.29) is 12.5 Å². The number of carbonyl (C=O) groups excluding carboxylic acids is 1. The van der Waals surface area contributed by atoms with Crippen molar-refractivity contribution in [3.8, 4) is 0 Å². The number of amides is 1. The summed E-state index contributed by atoms with van der Waals surface area (Å²) in [5, 5.41) is 22.7. The summed E-state index contributed by atoms with van der Waals surface area (Å²) in [6, 6.07) is -0.526. The first-order valence-corrected chi connectivity index (χ1v) is 26.7. The predicted octanol–water partition coefficient (Wildman–Crippen LogP) is 17.2. The molecule has 0 bridgehead atoms. The molecule has 0 spiro atoms. The average molecular weight is 806 g/mol. The van der Waals surface area contributed by atoms with E-state index in [1.165, 1.54) is 257 Å². The van der Waals surface area contributed by atoms with Gasteiger partial charge in [0.2, 0.25) is 5.91 Å². The number of aliphatic hydroxyl groups excluding tert-OH is 2. The van der Waals surface area contributed by atoms with Crippen LogP contribution in [0.2, 0.25) is 0 Å². The van der Waals surface area contributed by atoms with E-state index in [1.54, 1.807) is 0 Å². The Balaban J connectivity index is 3.20. The summed E-state index contributed by atoms with van der Waals surface area (Å²) >= 11 is 0. The largest absolute Gasteiger partial charge is 0.394 e. The highest BCUT2D eigenvalue weighted by molar-refractivity contribution is 5.76. The van der Waals surface area contributed by atoms with Gasteiger partial charge in [-0.15, -0.1) is 0 Å². The number of hydrogen-bond donors (Lipinski definition) is 3. The summed E-state index contributed by atoms with van der Waals surface area (Å²) in [5.41, 5.74) is 0. The lowest BCUT2D eigenvalue weighted by Gasteiger charge is -2.22. The van der Waals surface area contributed by atoms with E-state index < -0.39 is 12.1 Å². The van der Waals surface area contributed by atoms with Crippen molar-refractivity contribution in [2.24, 2.45) is 0 Å². The summed E-state index contributed by atoms with van der Waals surface area (Å²) in [5.74, 6) is -0.0339. The summed E-state index contributed by atoms with van der Waals surface area (Å²) in [7, 11) is 0. The minimum atomic E-state index is -0.650. The fraction of sp³-hybridized carbons (Fsp3) is 0.981. The molecule has 0 aromatic carbocycles. The smallest absolute Gasteiger partial charge is 0.220 e. The van der Waals surface area contributed by atoms with Crippen LogP contribution < -0.4 is 5.32 Å². The van der Waals surface area contributed by atoms with Gasteiger partial charge in [-0.05, 0) is 12.8 Å². The Labute approximate surface area is 359 Å². The van der Waals surface area contributed by atoms with Crippen molar-refractivity contribution in [1.82, 2.24) is 5.32 Å². The number of unbranched alkanes of at least 4 members (excludes halogenated alkanes) is 43. The van der Waals surface area contributed by atoms with Gasteiger partial charge < -0.3 is 15.5 Å². The van der Waals surface area contributed by atoms with Crippen LogP contribution in [0.1, 0.15) is 316 Å². The summed E-state index contributed by atoms with van der Waals surface area (Å²) in [6.07, 6.45) is 63.1. The van der Waals surface area contributed by atoms with Crippen LogP contribution in [0.4, 0.5) is 0 Å². The number of aliphatic hydroxyl groups is 2. The third-order valence-electron chi connectivity index (χ3n) is 12.9. The highest BCUT2D eigenvalue weighted by Gasteiger charge is 2.20. The van der Waals surface area contributed by atoms with Gasteiger partial charge in [-0.2, -0.15) is 0 Å². The van der Waals surface area contributed by atoms with Crippen molar-refractivity contribution in [2.45, 2.75) is 328 Å². The molecular weight excluding hydrogens is 699 g/mol. The molecule has 0 radical (unpaired) electrons. The Morgan fingerprint density at radius 2 is 0.561 bits per heavy atom. The Morgan fingerprint density at radius 1 is 0.351 bits per heavy atom. The van der Waals surface area contributed by atoms with E-state index in [0.717, 1.165) is 32.1 Å². The molecule has 0 fully saturated rings. The van der Waals surface area contributed by atoms with Crippen molar-refractivity contribution in [1.29, 1.82) is 0 Å². The highest BCUT2D eigenvalue weighted by Crippen LogP contribution is 2.18. The van der Waals surface area contributed by atoms with Crippen LogP contribution in [0.3, 0.4) is 0 Å². The van der Waals surface area contributed by atoms with Gasteiger partial charge in [0.15, 0.2) is 0 Å². The molecule has 0 aliphatic carbocycles. The number of rotatable bonds is 50. The van der Waals surface area contributed by atoms with Gasteiger partial charge in [0.25, 0.3) is 0 Å². The van der Waals surface area contributed by atoms with Crippen molar-refractivity contribution in [2.75, 3.05) is 6.61 Å². The van der Waals surface area contributed by atoms with Crippen molar-refractivity contribution >= 4 is 5.91 Å². The van der Waals surface area contributed by atoms with Gasteiger partial charge in [-0.1, -0.05) is 296 Å². The Hall–Kier alpha value is -0.610. The predicted molar refractivity (Wildman–Crippen MR) is 253 cm³/mol. The van der Waals surface area contributed by atoms with Gasteiger partial charge in [0, 0.05) is 6.42 Å². The second kappa shape index (κ2) is 49.8. The Morgan fingerprint density at radius 3 is 0.789 bits per heavy atom. The van der Waals surface area contributed by atoms with E-state index in [2.05, 4.69) is 19.2 Å². The fourth-order valence-corrected chi connectivity index (χ4v) is 8.78. The van der Waals surface area contributed by atoms with Crippen LogP contribution >= 0.6 is 0 Å². The van der Waals surface area contributed by atoms with Crippen molar-refractivity contribution in [3.63, 3.8) is 0 Å². The highest BCUT2D eigenvalue weighted by atomic mass is 16.3. The Kier molecular flexibility index (Phi) is 49.2. The molecule has 3 N–H and O–H groups in total. The summed E-state index contributed by atoms with van der Waals surface area (Å²) < 4.78 is 0. The molecule has 0 rings (SSSR count). The molecule has 0 saturated heterocycles. The second-order valence-electron chi connectivity index (χ2n) is 18.7. The average Bonchev–Trinajstić information content (AvgIpc) is 3.22. The van der Waals surface area contributed by atoms with Crippen LogP contribution in [0.15, 0.2) is 0 Å². The maximum absolute atomic E-state index is 12.3. The first-order valence-electron chi connectivity index (χ1n) is 26.7. The van der Waals surface area contributed by atoms with Crippen molar-refractivity contribution < 1.29 is 15.0 Å². The fourth-order valence-electron chi connectivity index (χ4n) is 8.78. The van der Waals surface area contributed by atoms with Crippen LogP contribution in [-0.4, -0.2) is 34.9 Å². The second-order valence-corrected chi connectivity index (χ2v) is 18.7. The molecule has 0 aromatic heterocycles. The zero-order valence-electron chi connectivity index (χ0n) is 39.4. The van der Waals surface area contributed by atoms with Crippen LogP contribution in [-0.2, 0) is 4.79 Å². The molecule has 2 unspecified atom stereocenters. The molecule has 57 heavy (non-hydrogen) atoms. The summed E-state index contributed by atoms with van der Waals surface area (Å²) in [6.45, 7) is 4.28. The molecule has 4 nitrogen and oxygen atoms in total. The lowest BCUT2D eigenvalue weighted by atomic mass is 10.0. The molecular formula is C53H107NO3. The number of hydrogen-bond acceptors (Lipinski definition) is 3. The number of carbonyl (C=O) groups is 1. The zero-order valence-corrected chi connectivity index (χ0v) is 39.4. The van der Waals surface area contributed by atoms with Gasteiger partial charge >= 0.3 is 0 Å². The molecule has 1 amide bonds. The van der Waals surface area contributed by atoms with Crippen molar-refractivity contribution in [3.05, 3.63) is 0 Å². The topological polar surface area (TPSA) is 69.6 Å². The first kappa shape index (κ1) is 56.4. The molecule has 0 aliphatic rings. The molecule has 342 valence electrons. The monoisotopic (exact) mass is 806 g/mol. The standard InChI is InChI=1S/C53H107NO3/c1-3-5-7-9-10-11-12-13-14-15-16-17-18-19-20-21-22-23-24-25-26-27-28-29-30-31-32-33-34-35-36-37-38-39-40-41-42-43-44-45-47-49-53(57)54-51(50-55)52(56)48-46-8-6-4-2/h51-52,55-56H,3-50H2,1-2H3,(H,54,57). The lowest BCUT2D eigenvalue weighted by molar-refractivity contribution is -0.123. The van der Waals surface area contributed by atoms with Crippen LogP contribution in [0, 0.1) is 0 Å². The van der Waals surface area contributed by atoms with Gasteiger partial charge in [-0.3, -0.25) is 4.79 Å². The van der Waals surface area contributed by atoms with Gasteiger partial charge in [0.1, 0.15) is 0 Å². The molecule has 0 aromatic rings. The molecule has 0 aliphatic heterocycles. The minimum absolute atomic E-state index is 0.0339. The molecule has 0 heterocycles. The first-order chi connectivity index (χ1) is 28.2. The van der Waals surface area contributed by atoms with E-state index in [9.17, 15) is 15.0 Å². The maximum Gasteiger partial charge on any atom is 0.220 e. The third kappa shape index (κ3) is 46.3. The quantitative estimate of drug-likeness (QED) is 0.0536. The van der Waals surface area contributed by atoms with Crippen LogP contribution in [0.5, 0.6) is 0 Å². The maximum atomic E-state index is 12.3. The molecule has 0 saturated carbocycles. The van der Waals surface area contributed by atoms with E-state index in [4.69, 9.17) is 0 Å². The van der Waals surface area contributed by atoms with Crippen LogP contribution in [0.25, 0.3) is 0 Å². The van der Waals surface area contributed by atoms with E-state index in [0.29, 0.717) is 12.8 Å². The van der Waals surface area contributed by atoms with Gasteiger partial charge in [0.05, 0.1) is 18.8 Å². The number of nitrogens with one attached hydrogen (secondary N) is 1. The minimum Gasteiger partial charge on any atom is -0.394 e. The van der Waals surface area contributed by atoms with Gasteiger partial charge in [-0.25, -0.2) is 0 Å².